The molecule has 0 aliphatic rings. The van der Waals surface area contributed by atoms with Crippen LogP contribution in [0.1, 0.15) is 6.42 Å². The van der Waals surface area contributed by atoms with E-state index in [0.29, 0.717) is 13.2 Å². The molecule has 0 bridgehead atoms. The highest BCUT2D eigenvalue weighted by Crippen LogP contribution is 2.15. The van der Waals surface area contributed by atoms with Crippen LogP contribution in [0.5, 0.6) is 5.75 Å². The average molecular weight is 245 g/mol. The van der Waals surface area contributed by atoms with Crippen molar-refractivity contribution in [3.8, 4) is 5.75 Å². The maximum absolute atomic E-state index is 12.8. The van der Waals surface area contributed by atoms with E-state index in [-0.39, 0.29) is 5.75 Å². The van der Waals surface area contributed by atoms with Crippen LogP contribution in [0.3, 0.4) is 0 Å². The van der Waals surface area contributed by atoms with Crippen LogP contribution in [0.4, 0.5) is 8.78 Å². The lowest BCUT2D eigenvalue weighted by molar-refractivity contribution is 0.198. The van der Waals surface area contributed by atoms with Crippen molar-refractivity contribution in [2.24, 2.45) is 0 Å². The van der Waals surface area contributed by atoms with Crippen molar-refractivity contribution in [1.29, 1.82) is 0 Å². The first-order valence-electron chi connectivity index (χ1n) is 5.51. The predicted octanol–water partition coefficient (Wildman–Crippen LogP) is 1.97. The normalized spacial score (nSPS) is 10.5. The number of halogens is 2. The number of rotatable bonds is 8. The molecular formula is C12H17F2NO2. The lowest BCUT2D eigenvalue weighted by atomic mass is 10.3. The third kappa shape index (κ3) is 6.19. The van der Waals surface area contributed by atoms with Crippen molar-refractivity contribution in [2.75, 3.05) is 33.4 Å². The van der Waals surface area contributed by atoms with Crippen LogP contribution in [0.25, 0.3) is 0 Å². The third-order valence-electron chi connectivity index (χ3n) is 2.09. The van der Waals surface area contributed by atoms with Crippen molar-refractivity contribution >= 4 is 0 Å². The first kappa shape index (κ1) is 13.9. The molecular weight excluding hydrogens is 228 g/mol. The van der Waals surface area contributed by atoms with Gasteiger partial charge in [-0.1, -0.05) is 0 Å². The van der Waals surface area contributed by atoms with Crippen LogP contribution in [0, 0.1) is 11.6 Å². The lowest BCUT2D eigenvalue weighted by Gasteiger charge is -2.07. The molecule has 96 valence electrons. The molecule has 0 spiro atoms. The molecule has 0 aliphatic heterocycles. The fourth-order valence-electron chi connectivity index (χ4n) is 1.30. The zero-order valence-electron chi connectivity index (χ0n) is 9.84. The molecule has 1 aromatic rings. The number of nitrogens with one attached hydrogen (secondary N) is 1. The Balaban J connectivity index is 2.13. The number of benzene rings is 1. The molecule has 0 amide bonds. The largest absolute Gasteiger partial charge is 0.493 e. The van der Waals surface area contributed by atoms with Crippen molar-refractivity contribution < 1.29 is 18.3 Å². The zero-order valence-corrected chi connectivity index (χ0v) is 9.84. The fourth-order valence-corrected chi connectivity index (χ4v) is 1.30. The number of methoxy groups -OCH3 is 1. The van der Waals surface area contributed by atoms with E-state index in [1.807, 2.05) is 0 Å². The Hall–Kier alpha value is -1.20. The highest BCUT2D eigenvalue weighted by Gasteiger charge is 2.00. The first-order valence-corrected chi connectivity index (χ1v) is 5.51. The summed E-state index contributed by atoms with van der Waals surface area (Å²) in [5, 5.41) is 3.14. The Bertz CT molecular complexity index is 314. The molecule has 0 radical (unpaired) electrons. The SMILES string of the molecule is COCCNCCCOc1cc(F)cc(F)c1. The Labute approximate surface area is 99.7 Å². The van der Waals surface area contributed by atoms with Gasteiger partial charge in [0, 0.05) is 31.9 Å². The summed E-state index contributed by atoms with van der Waals surface area (Å²) >= 11 is 0. The van der Waals surface area contributed by atoms with Crippen molar-refractivity contribution in [3.63, 3.8) is 0 Å². The summed E-state index contributed by atoms with van der Waals surface area (Å²) in [7, 11) is 1.64. The Kier molecular flexibility index (Phi) is 6.50. The van der Waals surface area contributed by atoms with Gasteiger partial charge in [0.2, 0.25) is 0 Å². The molecule has 5 heteroatoms. The third-order valence-corrected chi connectivity index (χ3v) is 2.09. The van der Waals surface area contributed by atoms with E-state index < -0.39 is 11.6 Å². The van der Waals surface area contributed by atoms with Gasteiger partial charge in [0.25, 0.3) is 0 Å². The summed E-state index contributed by atoms with van der Waals surface area (Å²) < 4.78 is 35.7. The Morgan fingerprint density at radius 3 is 2.41 bits per heavy atom. The van der Waals surface area contributed by atoms with Gasteiger partial charge < -0.3 is 14.8 Å². The van der Waals surface area contributed by atoms with Gasteiger partial charge in [-0.3, -0.25) is 0 Å². The molecule has 17 heavy (non-hydrogen) atoms. The molecule has 0 aromatic heterocycles. The van der Waals surface area contributed by atoms with Crippen LogP contribution in [0.2, 0.25) is 0 Å². The lowest BCUT2D eigenvalue weighted by Crippen LogP contribution is -2.21. The van der Waals surface area contributed by atoms with E-state index in [9.17, 15) is 8.78 Å². The van der Waals surface area contributed by atoms with Crippen LogP contribution >= 0.6 is 0 Å². The van der Waals surface area contributed by atoms with Gasteiger partial charge in [0.1, 0.15) is 17.4 Å². The molecule has 0 saturated heterocycles. The maximum atomic E-state index is 12.8. The summed E-state index contributed by atoms with van der Waals surface area (Å²) in [5.74, 6) is -1.03. The van der Waals surface area contributed by atoms with E-state index in [1.54, 1.807) is 7.11 Å². The second-order valence-electron chi connectivity index (χ2n) is 3.55. The minimum Gasteiger partial charge on any atom is -0.493 e. The summed E-state index contributed by atoms with van der Waals surface area (Å²) in [6, 6.07) is 3.15. The standard InChI is InChI=1S/C12H17F2NO2/c1-16-6-4-15-3-2-5-17-12-8-10(13)7-11(14)9-12/h7-9,15H,2-6H2,1H3. The zero-order chi connectivity index (χ0) is 12.5. The van der Waals surface area contributed by atoms with E-state index in [4.69, 9.17) is 9.47 Å². The second kappa shape index (κ2) is 7.97. The van der Waals surface area contributed by atoms with Crippen molar-refractivity contribution in [1.82, 2.24) is 5.32 Å². The Morgan fingerprint density at radius 1 is 1.06 bits per heavy atom. The van der Waals surface area contributed by atoms with Gasteiger partial charge in [-0.05, 0) is 13.0 Å². The molecule has 0 unspecified atom stereocenters. The molecule has 1 rings (SSSR count). The van der Waals surface area contributed by atoms with Crippen LogP contribution in [-0.4, -0.2) is 33.4 Å². The maximum Gasteiger partial charge on any atom is 0.129 e. The summed E-state index contributed by atoms with van der Waals surface area (Å²) in [6.45, 7) is 2.64. The Morgan fingerprint density at radius 2 is 1.76 bits per heavy atom. The quantitative estimate of drug-likeness (QED) is 0.710. The van der Waals surface area contributed by atoms with Gasteiger partial charge in [0.05, 0.1) is 13.2 Å². The molecule has 1 aromatic carbocycles. The topological polar surface area (TPSA) is 30.5 Å². The van der Waals surface area contributed by atoms with Crippen LogP contribution in [0.15, 0.2) is 18.2 Å². The summed E-state index contributed by atoms with van der Waals surface area (Å²) in [6.07, 6.45) is 0.766. The van der Waals surface area contributed by atoms with E-state index >= 15 is 0 Å². The molecule has 0 aliphatic carbocycles. The molecule has 0 fully saturated rings. The van der Waals surface area contributed by atoms with Gasteiger partial charge in [0.15, 0.2) is 0 Å². The van der Waals surface area contributed by atoms with Crippen molar-refractivity contribution in [2.45, 2.75) is 6.42 Å². The van der Waals surface area contributed by atoms with E-state index in [0.717, 1.165) is 25.6 Å². The van der Waals surface area contributed by atoms with Crippen molar-refractivity contribution in [3.05, 3.63) is 29.8 Å². The molecule has 1 N–H and O–H groups in total. The van der Waals surface area contributed by atoms with E-state index in [1.165, 1.54) is 12.1 Å². The van der Waals surface area contributed by atoms with Gasteiger partial charge in [-0.2, -0.15) is 0 Å². The first-order chi connectivity index (χ1) is 8.22. The highest BCUT2D eigenvalue weighted by molar-refractivity contribution is 5.23. The second-order valence-corrected chi connectivity index (χ2v) is 3.55. The van der Waals surface area contributed by atoms with Gasteiger partial charge >= 0.3 is 0 Å². The number of hydrogen-bond donors (Lipinski definition) is 1. The minimum atomic E-state index is -0.627. The van der Waals surface area contributed by atoms with E-state index in [2.05, 4.69) is 5.32 Å². The average Bonchev–Trinajstić information content (AvgIpc) is 2.26. The number of ether oxygens (including phenoxy) is 2. The minimum absolute atomic E-state index is 0.222. The fraction of sp³-hybridized carbons (Fsp3) is 0.500. The van der Waals surface area contributed by atoms with Crippen LogP contribution < -0.4 is 10.1 Å². The highest BCUT2D eigenvalue weighted by atomic mass is 19.1. The van der Waals surface area contributed by atoms with Crippen LogP contribution in [-0.2, 0) is 4.74 Å². The smallest absolute Gasteiger partial charge is 0.129 e. The summed E-state index contributed by atoms with van der Waals surface area (Å²) in [4.78, 5) is 0. The molecule has 0 heterocycles. The predicted molar refractivity (Wildman–Crippen MR) is 61.2 cm³/mol. The van der Waals surface area contributed by atoms with Gasteiger partial charge in [-0.25, -0.2) is 8.78 Å². The molecule has 0 saturated carbocycles. The van der Waals surface area contributed by atoms with Gasteiger partial charge in [-0.15, -0.1) is 0 Å². The number of hydrogen-bond acceptors (Lipinski definition) is 3. The summed E-state index contributed by atoms with van der Waals surface area (Å²) in [5.41, 5.74) is 0. The molecule has 3 nitrogen and oxygen atoms in total. The molecule has 0 atom stereocenters. The monoisotopic (exact) mass is 245 g/mol.